The molecule has 0 fully saturated rings. The van der Waals surface area contributed by atoms with Gasteiger partial charge in [0.25, 0.3) is 0 Å². The summed E-state index contributed by atoms with van der Waals surface area (Å²) < 4.78 is 6.51. The van der Waals surface area contributed by atoms with E-state index < -0.39 is 0 Å². The van der Waals surface area contributed by atoms with Crippen molar-refractivity contribution in [3.05, 3.63) is 175 Å². The number of rotatable bonds is 4. The fraction of sp³-hybridized carbons (Fsp3) is 0.0612. The third-order valence-corrected chi connectivity index (χ3v) is 11.6. The van der Waals surface area contributed by atoms with E-state index in [0.717, 1.165) is 46.2 Å². The summed E-state index contributed by atoms with van der Waals surface area (Å²) in [7, 11) is 0.835. The standard InChI is InChI=1S/C49H35BN2O/c1-49(2)38-20-9-10-24-43(38)52-46-33-17-7-6-16-32(33)29-37(45(46)50-40-22-13-21-39(49)47(40)52)36-28-31(30-14-4-3-5-15-30)26-27-41(36)51-42-23-12-19-35-34-18-8-11-25-44(34)53-48(35)42/h3-29,50-51H,1-2H3. The Kier molecular flexibility index (Phi) is 6.39. The second-order valence-electron chi connectivity index (χ2n) is 15.0. The van der Waals surface area contributed by atoms with Crippen LogP contribution < -0.4 is 21.1 Å². The topological polar surface area (TPSA) is 28.4 Å². The Balaban J connectivity index is 1.19. The first-order valence-electron chi connectivity index (χ1n) is 18.5. The van der Waals surface area contributed by atoms with Crippen molar-refractivity contribution in [2.24, 2.45) is 0 Å². The van der Waals surface area contributed by atoms with Gasteiger partial charge < -0.3 is 14.6 Å². The molecule has 1 N–H and O–H groups in total. The molecule has 9 aromatic rings. The Morgan fingerprint density at radius 2 is 1.28 bits per heavy atom. The fourth-order valence-corrected chi connectivity index (χ4v) is 9.11. The zero-order valence-electron chi connectivity index (χ0n) is 29.7. The van der Waals surface area contributed by atoms with Crippen LogP contribution in [0.1, 0.15) is 25.0 Å². The molecule has 0 bridgehead atoms. The molecule has 11 rings (SSSR count). The van der Waals surface area contributed by atoms with Crippen molar-refractivity contribution in [1.29, 1.82) is 0 Å². The number of hydrogen-bond donors (Lipinski definition) is 1. The molecule has 53 heavy (non-hydrogen) atoms. The van der Waals surface area contributed by atoms with Crippen LogP contribution in [0.5, 0.6) is 0 Å². The molecule has 0 radical (unpaired) electrons. The quantitative estimate of drug-likeness (QED) is 0.188. The maximum absolute atomic E-state index is 6.51. The van der Waals surface area contributed by atoms with E-state index in [1.54, 1.807) is 0 Å². The van der Waals surface area contributed by atoms with Crippen LogP contribution in [0.4, 0.5) is 28.4 Å². The van der Waals surface area contributed by atoms with E-state index in [1.807, 2.05) is 12.1 Å². The van der Waals surface area contributed by atoms with Gasteiger partial charge in [-0.3, -0.25) is 0 Å². The van der Waals surface area contributed by atoms with Crippen LogP contribution >= 0.6 is 0 Å². The van der Waals surface area contributed by atoms with Crippen molar-refractivity contribution < 1.29 is 4.42 Å². The van der Waals surface area contributed by atoms with Crippen LogP contribution in [0.2, 0.25) is 0 Å². The van der Waals surface area contributed by atoms with Crippen LogP contribution in [-0.2, 0) is 5.41 Å². The molecule has 4 heteroatoms. The first-order chi connectivity index (χ1) is 26.0. The second kappa shape index (κ2) is 11.2. The number of nitrogens with zero attached hydrogens (tertiary/aromatic N) is 1. The third kappa shape index (κ3) is 4.42. The summed E-state index contributed by atoms with van der Waals surface area (Å²) in [5.41, 5.74) is 17.7. The molecule has 2 aliphatic heterocycles. The fourth-order valence-electron chi connectivity index (χ4n) is 9.11. The predicted octanol–water partition coefficient (Wildman–Crippen LogP) is 11.6. The SMILES string of the molecule is CC1(C)c2ccccc2N2c3c(cccc31)Bc1c(-c3cc(-c4ccccc4)ccc3Nc3cccc4c3oc3ccccc34)cc3ccccc3c12. The zero-order chi connectivity index (χ0) is 35.3. The van der Waals surface area contributed by atoms with E-state index >= 15 is 0 Å². The number of benzene rings is 8. The van der Waals surface area contributed by atoms with Crippen molar-refractivity contribution >= 4 is 79.4 Å². The lowest BCUT2D eigenvalue weighted by molar-refractivity contribution is 0.632. The molecule has 250 valence electrons. The summed E-state index contributed by atoms with van der Waals surface area (Å²) >= 11 is 0. The van der Waals surface area contributed by atoms with Crippen LogP contribution in [0, 0.1) is 0 Å². The van der Waals surface area contributed by atoms with Crippen molar-refractivity contribution in [1.82, 2.24) is 0 Å². The zero-order valence-corrected chi connectivity index (χ0v) is 29.7. The van der Waals surface area contributed by atoms with E-state index in [-0.39, 0.29) is 5.41 Å². The van der Waals surface area contributed by atoms with Crippen LogP contribution in [0.25, 0.3) is 55.0 Å². The first-order valence-corrected chi connectivity index (χ1v) is 18.5. The van der Waals surface area contributed by atoms with Gasteiger partial charge in [0, 0.05) is 44.2 Å². The molecule has 8 aromatic carbocycles. The highest BCUT2D eigenvalue weighted by molar-refractivity contribution is 6.74. The lowest BCUT2D eigenvalue weighted by Crippen LogP contribution is -2.45. The number of furan rings is 1. The lowest BCUT2D eigenvalue weighted by Gasteiger charge is -2.46. The van der Waals surface area contributed by atoms with Gasteiger partial charge >= 0.3 is 0 Å². The molecule has 0 amide bonds. The van der Waals surface area contributed by atoms with Crippen LogP contribution in [0.3, 0.4) is 0 Å². The van der Waals surface area contributed by atoms with Gasteiger partial charge in [0.2, 0.25) is 0 Å². The van der Waals surface area contributed by atoms with Gasteiger partial charge in [-0.05, 0) is 75.1 Å². The Bertz CT molecular complexity index is 2940. The van der Waals surface area contributed by atoms with Gasteiger partial charge in [0.05, 0.1) is 11.4 Å². The molecule has 0 unspecified atom stereocenters. The number of para-hydroxylation sites is 4. The number of hydrogen-bond acceptors (Lipinski definition) is 3. The highest BCUT2D eigenvalue weighted by Crippen LogP contribution is 2.53. The summed E-state index contributed by atoms with van der Waals surface area (Å²) in [6.45, 7) is 4.75. The van der Waals surface area contributed by atoms with E-state index in [9.17, 15) is 0 Å². The van der Waals surface area contributed by atoms with Gasteiger partial charge in [0.1, 0.15) is 5.58 Å². The molecule has 0 atom stereocenters. The predicted molar refractivity (Wildman–Crippen MR) is 225 cm³/mol. The maximum atomic E-state index is 6.51. The van der Waals surface area contributed by atoms with Gasteiger partial charge in [-0.1, -0.05) is 147 Å². The second-order valence-corrected chi connectivity index (χ2v) is 15.0. The van der Waals surface area contributed by atoms with E-state index in [0.29, 0.717) is 0 Å². The van der Waals surface area contributed by atoms with Gasteiger partial charge in [0.15, 0.2) is 12.9 Å². The molecule has 3 nitrogen and oxygen atoms in total. The highest BCUT2D eigenvalue weighted by Gasteiger charge is 2.41. The molecule has 2 aliphatic rings. The number of fused-ring (bicyclic) bond motifs is 9. The molecule has 0 saturated heterocycles. The van der Waals surface area contributed by atoms with E-state index in [1.165, 1.54) is 66.6 Å². The molecule has 0 saturated carbocycles. The molecule has 0 spiro atoms. The van der Waals surface area contributed by atoms with Gasteiger partial charge in [-0.2, -0.15) is 0 Å². The highest BCUT2D eigenvalue weighted by atomic mass is 16.3. The Morgan fingerprint density at radius 1 is 0.547 bits per heavy atom. The molecular formula is C49H35BN2O. The van der Waals surface area contributed by atoms with Crippen molar-refractivity contribution in [2.75, 3.05) is 10.2 Å². The van der Waals surface area contributed by atoms with E-state index in [4.69, 9.17) is 4.42 Å². The van der Waals surface area contributed by atoms with Crippen molar-refractivity contribution in [3.63, 3.8) is 0 Å². The first kappa shape index (κ1) is 30.1. The lowest BCUT2D eigenvalue weighted by atomic mass is 9.55. The molecule has 1 aromatic heterocycles. The van der Waals surface area contributed by atoms with Gasteiger partial charge in [-0.15, -0.1) is 0 Å². The minimum Gasteiger partial charge on any atom is -0.454 e. The van der Waals surface area contributed by atoms with Crippen LogP contribution in [0.15, 0.2) is 168 Å². The largest absolute Gasteiger partial charge is 0.454 e. The molecule has 0 aliphatic carbocycles. The van der Waals surface area contributed by atoms with Crippen molar-refractivity contribution in [2.45, 2.75) is 19.3 Å². The minimum atomic E-state index is -0.123. The van der Waals surface area contributed by atoms with Crippen molar-refractivity contribution in [3.8, 4) is 22.3 Å². The summed E-state index contributed by atoms with van der Waals surface area (Å²) in [6, 6.07) is 59.5. The Labute approximate surface area is 309 Å². The maximum Gasteiger partial charge on any atom is 0.198 e. The van der Waals surface area contributed by atoms with Gasteiger partial charge in [-0.25, -0.2) is 0 Å². The third-order valence-electron chi connectivity index (χ3n) is 11.6. The summed E-state index contributed by atoms with van der Waals surface area (Å²) in [4.78, 5) is 2.58. The average Bonchev–Trinajstić information content (AvgIpc) is 3.59. The monoisotopic (exact) mass is 678 g/mol. The summed E-state index contributed by atoms with van der Waals surface area (Å²) in [5, 5.41) is 8.61. The summed E-state index contributed by atoms with van der Waals surface area (Å²) in [5.74, 6) is 0. The Morgan fingerprint density at radius 3 is 2.19 bits per heavy atom. The Hall–Kier alpha value is -6.52. The van der Waals surface area contributed by atoms with E-state index in [2.05, 4.69) is 176 Å². The molecular weight excluding hydrogens is 643 g/mol. The smallest absolute Gasteiger partial charge is 0.198 e. The number of anilines is 5. The number of nitrogens with one attached hydrogen (secondary N) is 1. The minimum absolute atomic E-state index is 0.123. The molecule has 3 heterocycles. The normalized spacial score (nSPS) is 13.7. The van der Waals surface area contributed by atoms with Crippen LogP contribution in [-0.4, -0.2) is 7.28 Å². The summed E-state index contributed by atoms with van der Waals surface area (Å²) in [6.07, 6.45) is 0. The average molecular weight is 679 g/mol.